The highest BCUT2D eigenvalue weighted by atomic mass is 16.5. The van der Waals surface area contributed by atoms with E-state index >= 15 is 0 Å². The summed E-state index contributed by atoms with van der Waals surface area (Å²) in [6.07, 6.45) is 0. The summed E-state index contributed by atoms with van der Waals surface area (Å²) in [5.74, 6) is 0.640. The number of hydrogen-bond donors (Lipinski definition) is 1. The van der Waals surface area contributed by atoms with Gasteiger partial charge in [-0.3, -0.25) is 0 Å². The fourth-order valence-electron chi connectivity index (χ4n) is 1.30. The standard InChI is InChI=1S/C10H8BO2/c12-11-13-10-6-5-8-3-1-2-4-9(8)7-10/h1-7,12H. The van der Waals surface area contributed by atoms with Crippen LogP contribution in [-0.2, 0) is 0 Å². The molecule has 0 bridgehead atoms. The summed E-state index contributed by atoms with van der Waals surface area (Å²) in [6, 6.07) is 13.6. The summed E-state index contributed by atoms with van der Waals surface area (Å²) in [7, 11) is 0.685. The van der Waals surface area contributed by atoms with Gasteiger partial charge >= 0.3 is 7.69 Å². The number of benzene rings is 2. The molecule has 3 heteroatoms. The molecule has 0 aliphatic heterocycles. The number of rotatable bonds is 2. The van der Waals surface area contributed by atoms with Crippen molar-refractivity contribution >= 4 is 18.5 Å². The highest BCUT2D eigenvalue weighted by Crippen LogP contribution is 2.19. The molecule has 2 aromatic carbocycles. The van der Waals surface area contributed by atoms with E-state index < -0.39 is 0 Å². The maximum atomic E-state index is 8.44. The molecular weight excluding hydrogens is 163 g/mol. The van der Waals surface area contributed by atoms with Crippen LogP contribution in [0.4, 0.5) is 0 Å². The van der Waals surface area contributed by atoms with Crippen molar-refractivity contribution in [1.82, 2.24) is 0 Å². The van der Waals surface area contributed by atoms with E-state index in [4.69, 9.17) is 9.68 Å². The summed E-state index contributed by atoms with van der Waals surface area (Å²) >= 11 is 0. The Hall–Kier alpha value is -1.48. The van der Waals surface area contributed by atoms with Crippen molar-refractivity contribution in [2.24, 2.45) is 0 Å². The monoisotopic (exact) mass is 171 g/mol. The van der Waals surface area contributed by atoms with Crippen LogP contribution in [0.2, 0.25) is 0 Å². The molecule has 0 unspecified atom stereocenters. The lowest BCUT2D eigenvalue weighted by molar-refractivity contribution is 0.454. The Bertz CT molecular complexity index is 414. The quantitative estimate of drug-likeness (QED) is 0.697. The van der Waals surface area contributed by atoms with Crippen LogP contribution in [0.5, 0.6) is 5.75 Å². The molecule has 1 radical (unpaired) electrons. The highest BCUT2D eigenvalue weighted by Gasteiger charge is 1.96. The SMILES string of the molecule is O[B]Oc1ccc2ccccc2c1. The maximum Gasteiger partial charge on any atom is 0.569 e. The molecule has 2 rings (SSSR count). The van der Waals surface area contributed by atoms with E-state index in [-0.39, 0.29) is 0 Å². The first kappa shape index (κ1) is 8.14. The normalized spacial score (nSPS) is 9.92. The van der Waals surface area contributed by atoms with E-state index in [0.717, 1.165) is 10.8 Å². The summed E-state index contributed by atoms with van der Waals surface area (Å²) in [5, 5.41) is 10.7. The van der Waals surface area contributed by atoms with Crippen LogP contribution in [0.15, 0.2) is 42.5 Å². The van der Waals surface area contributed by atoms with E-state index in [2.05, 4.69) is 0 Å². The van der Waals surface area contributed by atoms with Gasteiger partial charge in [-0.1, -0.05) is 30.3 Å². The van der Waals surface area contributed by atoms with E-state index in [0.29, 0.717) is 13.4 Å². The molecular formula is C10H8BO2. The Morgan fingerprint density at radius 3 is 2.54 bits per heavy atom. The molecule has 0 aliphatic carbocycles. The first-order chi connectivity index (χ1) is 6.40. The van der Waals surface area contributed by atoms with Crippen LogP contribution >= 0.6 is 0 Å². The molecule has 2 nitrogen and oxygen atoms in total. The minimum absolute atomic E-state index is 0.640. The fraction of sp³-hybridized carbons (Fsp3) is 0. The Balaban J connectivity index is 2.49. The van der Waals surface area contributed by atoms with Crippen molar-refractivity contribution in [2.75, 3.05) is 0 Å². The van der Waals surface area contributed by atoms with Crippen LogP contribution in [0.1, 0.15) is 0 Å². The van der Waals surface area contributed by atoms with E-state index in [9.17, 15) is 0 Å². The van der Waals surface area contributed by atoms with Crippen LogP contribution < -0.4 is 4.65 Å². The summed E-state index contributed by atoms with van der Waals surface area (Å²) < 4.78 is 4.84. The molecule has 2 aromatic rings. The van der Waals surface area contributed by atoms with E-state index in [1.54, 1.807) is 0 Å². The zero-order chi connectivity index (χ0) is 9.10. The molecule has 0 heterocycles. The van der Waals surface area contributed by atoms with Crippen LogP contribution in [-0.4, -0.2) is 12.7 Å². The van der Waals surface area contributed by atoms with Crippen molar-refractivity contribution in [3.8, 4) is 5.75 Å². The Morgan fingerprint density at radius 2 is 1.77 bits per heavy atom. The zero-order valence-corrected chi connectivity index (χ0v) is 6.97. The molecule has 0 amide bonds. The Labute approximate surface area is 77.1 Å². The average Bonchev–Trinajstić information content (AvgIpc) is 2.18. The Morgan fingerprint density at radius 1 is 1.00 bits per heavy atom. The zero-order valence-electron chi connectivity index (χ0n) is 6.97. The van der Waals surface area contributed by atoms with Crippen molar-refractivity contribution in [3.05, 3.63) is 42.5 Å². The molecule has 0 aliphatic rings. The summed E-state index contributed by atoms with van der Waals surface area (Å²) in [4.78, 5) is 0. The van der Waals surface area contributed by atoms with E-state index in [1.165, 1.54) is 0 Å². The average molecular weight is 171 g/mol. The van der Waals surface area contributed by atoms with Gasteiger partial charge in [0.25, 0.3) is 0 Å². The largest absolute Gasteiger partial charge is 0.569 e. The van der Waals surface area contributed by atoms with Gasteiger partial charge in [-0.25, -0.2) is 0 Å². The lowest BCUT2D eigenvalue weighted by atomic mass is 10.1. The van der Waals surface area contributed by atoms with Gasteiger partial charge < -0.3 is 9.68 Å². The van der Waals surface area contributed by atoms with Gasteiger partial charge in [0.15, 0.2) is 0 Å². The smallest absolute Gasteiger partial charge is 0.537 e. The lowest BCUT2D eigenvalue weighted by Gasteiger charge is -2.02. The minimum Gasteiger partial charge on any atom is -0.537 e. The third kappa shape index (κ3) is 1.65. The lowest BCUT2D eigenvalue weighted by Crippen LogP contribution is -1.99. The van der Waals surface area contributed by atoms with Gasteiger partial charge in [0.1, 0.15) is 5.75 Å². The van der Waals surface area contributed by atoms with Crippen molar-refractivity contribution < 1.29 is 9.68 Å². The third-order valence-corrected chi connectivity index (χ3v) is 1.91. The first-order valence-electron chi connectivity index (χ1n) is 4.01. The van der Waals surface area contributed by atoms with Crippen molar-refractivity contribution in [3.63, 3.8) is 0 Å². The molecule has 0 saturated heterocycles. The fourth-order valence-corrected chi connectivity index (χ4v) is 1.30. The predicted molar refractivity (Wildman–Crippen MR) is 52.5 cm³/mol. The van der Waals surface area contributed by atoms with Crippen LogP contribution in [0, 0.1) is 0 Å². The van der Waals surface area contributed by atoms with Gasteiger partial charge in [-0.05, 0) is 22.9 Å². The van der Waals surface area contributed by atoms with E-state index in [1.807, 2.05) is 42.5 Å². The predicted octanol–water partition coefficient (Wildman–Crippen LogP) is 1.75. The van der Waals surface area contributed by atoms with Gasteiger partial charge in [-0.2, -0.15) is 0 Å². The summed E-state index contributed by atoms with van der Waals surface area (Å²) in [6.45, 7) is 0. The molecule has 0 fully saturated rings. The second-order valence-electron chi connectivity index (χ2n) is 2.73. The van der Waals surface area contributed by atoms with Crippen molar-refractivity contribution in [1.29, 1.82) is 0 Å². The maximum absolute atomic E-state index is 8.44. The van der Waals surface area contributed by atoms with Crippen LogP contribution in [0.3, 0.4) is 0 Å². The second-order valence-corrected chi connectivity index (χ2v) is 2.73. The van der Waals surface area contributed by atoms with Crippen LogP contribution in [0.25, 0.3) is 10.8 Å². The number of hydrogen-bond acceptors (Lipinski definition) is 2. The molecule has 0 aromatic heterocycles. The van der Waals surface area contributed by atoms with Gasteiger partial charge in [0.2, 0.25) is 0 Å². The summed E-state index contributed by atoms with van der Waals surface area (Å²) in [5.41, 5.74) is 0. The Kier molecular flexibility index (Phi) is 2.19. The van der Waals surface area contributed by atoms with Gasteiger partial charge in [0, 0.05) is 0 Å². The number of fused-ring (bicyclic) bond motifs is 1. The first-order valence-corrected chi connectivity index (χ1v) is 4.01. The second kappa shape index (κ2) is 3.50. The highest BCUT2D eigenvalue weighted by molar-refractivity contribution is 6.17. The van der Waals surface area contributed by atoms with Gasteiger partial charge in [-0.15, -0.1) is 0 Å². The molecule has 0 saturated carbocycles. The molecule has 0 atom stereocenters. The third-order valence-electron chi connectivity index (χ3n) is 1.91. The molecule has 63 valence electrons. The van der Waals surface area contributed by atoms with Crippen molar-refractivity contribution in [2.45, 2.75) is 0 Å². The molecule has 13 heavy (non-hydrogen) atoms. The minimum atomic E-state index is 0.640. The molecule has 0 spiro atoms. The molecule has 1 N–H and O–H groups in total. The topological polar surface area (TPSA) is 29.5 Å². The van der Waals surface area contributed by atoms with Gasteiger partial charge in [0.05, 0.1) is 0 Å².